The van der Waals surface area contributed by atoms with Gasteiger partial charge in [-0.05, 0) is 20.2 Å². The van der Waals surface area contributed by atoms with Crippen molar-refractivity contribution in [1.82, 2.24) is 9.47 Å². The smallest absolute Gasteiger partial charge is 0.113 e. The van der Waals surface area contributed by atoms with Crippen molar-refractivity contribution in [3.05, 3.63) is 22.5 Å². The molecule has 1 heterocycles. The number of aromatic nitrogens is 1. The summed E-state index contributed by atoms with van der Waals surface area (Å²) in [4.78, 5) is 2.08. The van der Waals surface area contributed by atoms with Gasteiger partial charge < -0.3 is 15.2 Å². The first kappa shape index (κ1) is 10.6. The van der Waals surface area contributed by atoms with Crippen molar-refractivity contribution in [3.8, 4) is 0 Å². The van der Waals surface area contributed by atoms with Crippen LogP contribution in [-0.4, -0.2) is 23.6 Å². The van der Waals surface area contributed by atoms with E-state index in [1.165, 1.54) is 0 Å². The topological polar surface area (TPSA) is 34.2 Å². The zero-order valence-electron chi connectivity index (χ0n) is 8.34. The molecule has 0 atom stereocenters. The molecule has 4 heteroatoms. The zero-order valence-corrected chi connectivity index (χ0v) is 9.10. The maximum Gasteiger partial charge on any atom is 0.113 e. The van der Waals surface area contributed by atoms with Crippen LogP contribution in [0.2, 0.25) is 5.15 Å². The van der Waals surface area contributed by atoms with Gasteiger partial charge in [-0.15, -0.1) is 0 Å². The van der Waals surface area contributed by atoms with Crippen LogP contribution in [-0.2, 0) is 20.1 Å². The van der Waals surface area contributed by atoms with Crippen LogP contribution in [0, 0.1) is 0 Å². The van der Waals surface area contributed by atoms with Gasteiger partial charge in [0.05, 0.1) is 0 Å². The van der Waals surface area contributed by atoms with E-state index in [0.717, 1.165) is 23.0 Å². The van der Waals surface area contributed by atoms with Crippen molar-refractivity contribution in [1.29, 1.82) is 0 Å². The largest absolute Gasteiger partial charge is 0.337 e. The summed E-state index contributed by atoms with van der Waals surface area (Å²) in [7, 11) is 5.97. The van der Waals surface area contributed by atoms with Gasteiger partial charge in [-0.2, -0.15) is 0 Å². The van der Waals surface area contributed by atoms with Crippen LogP contribution in [0.4, 0.5) is 0 Å². The number of rotatable bonds is 3. The van der Waals surface area contributed by atoms with Crippen molar-refractivity contribution in [2.45, 2.75) is 13.1 Å². The van der Waals surface area contributed by atoms with E-state index in [4.69, 9.17) is 17.3 Å². The van der Waals surface area contributed by atoms with Crippen LogP contribution in [0.1, 0.15) is 11.3 Å². The fraction of sp³-hybridized carbons (Fsp3) is 0.556. The monoisotopic (exact) mass is 201 g/mol. The third kappa shape index (κ3) is 2.24. The molecule has 0 saturated carbocycles. The Morgan fingerprint density at radius 1 is 1.54 bits per heavy atom. The predicted octanol–water partition coefficient (Wildman–Crippen LogP) is 1.20. The number of hydrogen-bond donors (Lipinski definition) is 1. The molecule has 2 N–H and O–H groups in total. The summed E-state index contributed by atoms with van der Waals surface area (Å²) in [6.07, 6.45) is 0. The highest BCUT2D eigenvalue weighted by atomic mass is 35.5. The molecule has 13 heavy (non-hydrogen) atoms. The van der Waals surface area contributed by atoms with Crippen molar-refractivity contribution in [2.75, 3.05) is 14.1 Å². The molecule has 0 aliphatic rings. The second kappa shape index (κ2) is 4.13. The Labute approximate surface area is 84.1 Å². The molecule has 0 aliphatic carbocycles. The summed E-state index contributed by atoms with van der Waals surface area (Å²) in [6.45, 7) is 1.39. The third-order valence-corrected chi connectivity index (χ3v) is 2.52. The van der Waals surface area contributed by atoms with Gasteiger partial charge in [0, 0.05) is 31.4 Å². The van der Waals surface area contributed by atoms with Gasteiger partial charge >= 0.3 is 0 Å². The maximum absolute atomic E-state index is 6.12. The van der Waals surface area contributed by atoms with Gasteiger partial charge in [0.25, 0.3) is 0 Å². The van der Waals surface area contributed by atoms with Crippen molar-refractivity contribution >= 4 is 11.6 Å². The lowest BCUT2D eigenvalue weighted by atomic mass is 10.3. The molecule has 3 nitrogen and oxygen atoms in total. The molecule has 0 radical (unpaired) electrons. The molecule has 0 unspecified atom stereocenters. The van der Waals surface area contributed by atoms with Crippen LogP contribution < -0.4 is 5.73 Å². The Morgan fingerprint density at radius 3 is 2.54 bits per heavy atom. The predicted molar refractivity (Wildman–Crippen MR) is 55.7 cm³/mol. The van der Waals surface area contributed by atoms with Crippen molar-refractivity contribution in [2.24, 2.45) is 12.8 Å². The molecule has 0 aromatic carbocycles. The average molecular weight is 202 g/mol. The minimum Gasteiger partial charge on any atom is -0.337 e. The summed E-state index contributed by atoms with van der Waals surface area (Å²) < 4.78 is 1.93. The Balaban J connectivity index is 2.95. The molecule has 0 fully saturated rings. The molecular weight excluding hydrogens is 186 g/mol. The van der Waals surface area contributed by atoms with Crippen molar-refractivity contribution in [3.63, 3.8) is 0 Å². The van der Waals surface area contributed by atoms with E-state index in [2.05, 4.69) is 11.0 Å². The molecule has 0 aliphatic heterocycles. The Hall–Kier alpha value is -0.510. The molecule has 1 aromatic rings. The minimum absolute atomic E-state index is 0.531. The molecule has 0 spiro atoms. The fourth-order valence-corrected chi connectivity index (χ4v) is 1.57. The summed E-state index contributed by atoms with van der Waals surface area (Å²) in [5.74, 6) is 0. The molecule has 74 valence electrons. The third-order valence-electron chi connectivity index (χ3n) is 2.03. The van der Waals surface area contributed by atoms with E-state index in [1.54, 1.807) is 0 Å². The van der Waals surface area contributed by atoms with Crippen LogP contribution >= 0.6 is 11.6 Å². The zero-order chi connectivity index (χ0) is 10.0. The summed E-state index contributed by atoms with van der Waals surface area (Å²) in [5, 5.41) is 0.786. The first-order valence-electron chi connectivity index (χ1n) is 4.24. The molecule has 1 aromatic heterocycles. The lowest BCUT2D eigenvalue weighted by Gasteiger charge is -2.07. The van der Waals surface area contributed by atoms with Gasteiger partial charge in [-0.25, -0.2) is 0 Å². The summed E-state index contributed by atoms with van der Waals surface area (Å²) >= 11 is 6.12. The van der Waals surface area contributed by atoms with E-state index in [-0.39, 0.29) is 0 Å². The van der Waals surface area contributed by atoms with Gasteiger partial charge in [0.1, 0.15) is 5.15 Å². The SMILES string of the molecule is CN(C)Cc1cc(CN)n(C)c1Cl. The van der Waals surface area contributed by atoms with Crippen LogP contribution in [0.15, 0.2) is 6.07 Å². The Bertz CT molecular complexity index is 291. The van der Waals surface area contributed by atoms with E-state index < -0.39 is 0 Å². The van der Waals surface area contributed by atoms with Crippen LogP contribution in [0.3, 0.4) is 0 Å². The van der Waals surface area contributed by atoms with E-state index in [0.29, 0.717) is 6.54 Å². The number of nitrogens with two attached hydrogens (primary N) is 1. The molecular formula is C9H16ClN3. The van der Waals surface area contributed by atoms with Gasteiger partial charge in [0.15, 0.2) is 0 Å². The highest BCUT2D eigenvalue weighted by molar-refractivity contribution is 6.30. The normalized spacial score (nSPS) is 11.2. The lowest BCUT2D eigenvalue weighted by molar-refractivity contribution is 0.402. The Kier molecular flexibility index (Phi) is 3.36. The van der Waals surface area contributed by atoms with E-state index in [9.17, 15) is 0 Å². The maximum atomic E-state index is 6.12. The fourth-order valence-electron chi connectivity index (χ4n) is 1.35. The highest BCUT2D eigenvalue weighted by Gasteiger charge is 2.09. The van der Waals surface area contributed by atoms with Crippen molar-refractivity contribution < 1.29 is 0 Å². The summed E-state index contributed by atoms with van der Waals surface area (Å²) in [5.41, 5.74) is 7.78. The van der Waals surface area contributed by atoms with E-state index >= 15 is 0 Å². The van der Waals surface area contributed by atoms with Gasteiger partial charge in [-0.3, -0.25) is 0 Å². The van der Waals surface area contributed by atoms with Crippen LogP contribution in [0.5, 0.6) is 0 Å². The quantitative estimate of drug-likeness (QED) is 0.798. The average Bonchev–Trinajstić information content (AvgIpc) is 2.32. The number of nitrogens with zero attached hydrogens (tertiary/aromatic N) is 2. The minimum atomic E-state index is 0.531. The first-order chi connectivity index (χ1) is 6.06. The first-order valence-corrected chi connectivity index (χ1v) is 4.61. The lowest BCUT2D eigenvalue weighted by Crippen LogP contribution is -2.10. The number of halogens is 1. The van der Waals surface area contributed by atoms with Gasteiger partial charge in [0.2, 0.25) is 0 Å². The number of hydrogen-bond acceptors (Lipinski definition) is 2. The standard InChI is InChI=1S/C9H16ClN3/c1-12(2)6-7-4-8(5-11)13(3)9(7)10/h4H,5-6,11H2,1-3H3. The highest BCUT2D eigenvalue weighted by Crippen LogP contribution is 2.20. The molecule has 1 rings (SSSR count). The second-order valence-corrected chi connectivity index (χ2v) is 3.81. The molecule has 0 saturated heterocycles. The van der Waals surface area contributed by atoms with Gasteiger partial charge in [-0.1, -0.05) is 11.6 Å². The van der Waals surface area contributed by atoms with Crippen LogP contribution in [0.25, 0.3) is 0 Å². The molecule has 0 amide bonds. The second-order valence-electron chi connectivity index (χ2n) is 3.45. The Morgan fingerprint density at radius 2 is 2.15 bits per heavy atom. The molecule has 0 bridgehead atoms. The van der Waals surface area contributed by atoms with E-state index in [1.807, 2.05) is 25.7 Å². The summed E-state index contributed by atoms with van der Waals surface area (Å²) in [6, 6.07) is 2.06.